The van der Waals surface area contributed by atoms with E-state index in [4.69, 9.17) is 4.74 Å². The monoisotopic (exact) mass is 442 g/mol. The number of carbonyl (C=O) groups excluding carboxylic acids is 1. The fourth-order valence-corrected chi connectivity index (χ4v) is 4.26. The van der Waals surface area contributed by atoms with Gasteiger partial charge in [0.05, 0.1) is 12.8 Å². The summed E-state index contributed by atoms with van der Waals surface area (Å²) in [5.74, 6) is 0.0211. The molecule has 0 radical (unpaired) electrons. The van der Waals surface area contributed by atoms with E-state index >= 15 is 0 Å². The Morgan fingerprint density at radius 2 is 1.69 bits per heavy atom. The average molecular weight is 443 g/mol. The van der Waals surface area contributed by atoms with Gasteiger partial charge < -0.3 is 10.1 Å². The summed E-state index contributed by atoms with van der Waals surface area (Å²) in [7, 11) is 1.34. The zero-order valence-corrected chi connectivity index (χ0v) is 18.1. The lowest BCUT2D eigenvalue weighted by molar-refractivity contribution is 0.0602. The van der Waals surface area contributed by atoms with Crippen LogP contribution in [-0.2, 0) is 4.74 Å². The van der Waals surface area contributed by atoms with Crippen molar-refractivity contribution >= 4 is 34.0 Å². The van der Waals surface area contributed by atoms with E-state index in [0.717, 1.165) is 21.8 Å². The number of rotatable bonds is 5. The number of ether oxygens (including phenoxy) is 1. The molecule has 0 bridgehead atoms. The molecule has 8 nitrogen and oxygen atoms in total. The molecule has 0 amide bonds. The van der Waals surface area contributed by atoms with Gasteiger partial charge in [0.1, 0.15) is 11.3 Å². The van der Waals surface area contributed by atoms with Gasteiger partial charge in [-0.15, -0.1) is 26.6 Å². The lowest BCUT2D eigenvalue weighted by atomic mass is 9.95. The molecule has 158 valence electrons. The number of benzene rings is 2. The lowest BCUT2D eigenvalue weighted by Gasteiger charge is -2.16. The highest BCUT2D eigenvalue weighted by atomic mass is 32.1. The second-order valence-electron chi connectivity index (χ2n) is 7.00. The van der Waals surface area contributed by atoms with E-state index in [1.54, 1.807) is 4.52 Å². The normalized spacial score (nSPS) is 10.9. The Balaban J connectivity index is 1.73. The van der Waals surface area contributed by atoms with Gasteiger partial charge in [-0.3, -0.25) is 0 Å². The van der Waals surface area contributed by atoms with Crippen LogP contribution >= 0.6 is 11.3 Å². The predicted octanol–water partition coefficient (Wildman–Crippen LogP) is 4.75. The molecule has 0 saturated carbocycles. The molecule has 5 rings (SSSR count). The minimum atomic E-state index is -0.532. The summed E-state index contributed by atoms with van der Waals surface area (Å²) in [5, 5.41) is 18.3. The molecule has 0 fully saturated rings. The summed E-state index contributed by atoms with van der Waals surface area (Å²) >= 11 is 1.48. The highest BCUT2D eigenvalue weighted by molar-refractivity contribution is 7.15. The van der Waals surface area contributed by atoms with Gasteiger partial charge in [-0.25, -0.2) is 9.31 Å². The quantitative estimate of drug-likeness (QED) is 0.392. The number of thiazole rings is 1. The van der Waals surface area contributed by atoms with Gasteiger partial charge in [-0.05, 0) is 12.5 Å². The average Bonchev–Trinajstić information content (AvgIpc) is 3.40. The van der Waals surface area contributed by atoms with Crippen LogP contribution in [0.25, 0.3) is 27.3 Å². The smallest absolute Gasteiger partial charge is 0.342 e. The number of nitrogens with one attached hydrogen (secondary N) is 1. The van der Waals surface area contributed by atoms with Crippen molar-refractivity contribution in [3.63, 3.8) is 0 Å². The van der Waals surface area contributed by atoms with Crippen molar-refractivity contribution in [1.82, 2.24) is 24.8 Å². The standard InChI is InChI=1S/C23H18N6O2S/c1-14-13-32-23-25-22(28-29(14)23)24-20-18(21(30)31-2)17(15-9-5-3-6-10-15)19(26-27-20)16-11-7-4-8-12-16/h3-13H,1-2H3,(H,24,27,28). The van der Waals surface area contributed by atoms with Gasteiger partial charge in [-0.1, -0.05) is 60.7 Å². The van der Waals surface area contributed by atoms with E-state index in [-0.39, 0.29) is 11.4 Å². The van der Waals surface area contributed by atoms with Gasteiger partial charge >= 0.3 is 5.97 Å². The van der Waals surface area contributed by atoms with Crippen LogP contribution < -0.4 is 5.32 Å². The summed E-state index contributed by atoms with van der Waals surface area (Å²) in [4.78, 5) is 18.2. The Bertz CT molecular complexity index is 1410. The maximum atomic E-state index is 13.0. The van der Waals surface area contributed by atoms with Gasteiger partial charge in [-0.2, -0.15) is 4.98 Å². The van der Waals surface area contributed by atoms with Crippen LogP contribution in [-0.4, -0.2) is 37.9 Å². The highest BCUT2D eigenvalue weighted by Gasteiger charge is 2.26. The summed E-state index contributed by atoms with van der Waals surface area (Å²) < 4.78 is 6.87. The van der Waals surface area contributed by atoms with Gasteiger partial charge in [0, 0.05) is 16.5 Å². The third-order valence-electron chi connectivity index (χ3n) is 4.95. The molecule has 3 heterocycles. The molecular formula is C23H18N6O2S. The number of esters is 1. The first-order valence-corrected chi connectivity index (χ1v) is 10.7. The summed E-state index contributed by atoms with van der Waals surface area (Å²) in [6, 6.07) is 19.2. The minimum absolute atomic E-state index is 0.228. The predicted molar refractivity (Wildman–Crippen MR) is 123 cm³/mol. The summed E-state index contributed by atoms with van der Waals surface area (Å²) in [6.45, 7) is 1.95. The van der Waals surface area contributed by atoms with E-state index in [2.05, 4.69) is 25.6 Å². The second-order valence-corrected chi connectivity index (χ2v) is 7.84. The van der Waals surface area contributed by atoms with Crippen LogP contribution in [0.2, 0.25) is 0 Å². The van der Waals surface area contributed by atoms with Gasteiger partial charge in [0.15, 0.2) is 5.82 Å². The third kappa shape index (κ3) is 3.48. The number of hydrogen-bond acceptors (Lipinski definition) is 8. The molecule has 3 aromatic heterocycles. The Kier molecular flexibility index (Phi) is 5.08. The van der Waals surface area contributed by atoms with Crippen molar-refractivity contribution in [2.45, 2.75) is 6.92 Å². The molecule has 0 spiro atoms. The van der Waals surface area contributed by atoms with Gasteiger partial charge in [0.2, 0.25) is 10.9 Å². The molecule has 5 aromatic rings. The fraction of sp³-hybridized carbons (Fsp3) is 0.0870. The summed E-state index contributed by atoms with van der Waals surface area (Å²) in [6.07, 6.45) is 0. The highest BCUT2D eigenvalue weighted by Crippen LogP contribution is 2.37. The van der Waals surface area contributed by atoms with Crippen LogP contribution in [0.5, 0.6) is 0 Å². The molecule has 0 aliphatic heterocycles. The van der Waals surface area contributed by atoms with Crippen LogP contribution in [0.3, 0.4) is 0 Å². The van der Waals surface area contributed by atoms with Crippen LogP contribution in [0.4, 0.5) is 11.8 Å². The minimum Gasteiger partial charge on any atom is -0.465 e. The SMILES string of the molecule is COC(=O)c1c(Nc2nc3scc(C)n3n2)nnc(-c2ccccc2)c1-c1ccccc1. The van der Waals surface area contributed by atoms with Crippen molar-refractivity contribution in [1.29, 1.82) is 0 Å². The topological polar surface area (TPSA) is 94.3 Å². The van der Waals surface area contributed by atoms with Crippen LogP contribution in [0, 0.1) is 6.92 Å². The van der Waals surface area contributed by atoms with Crippen molar-refractivity contribution in [2.24, 2.45) is 0 Å². The first kappa shape index (κ1) is 19.8. The van der Waals surface area contributed by atoms with Gasteiger partial charge in [0.25, 0.3) is 0 Å². The molecule has 32 heavy (non-hydrogen) atoms. The lowest BCUT2D eigenvalue weighted by Crippen LogP contribution is -2.13. The van der Waals surface area contributed by atoms with Crippen LogP contribution in [0.1, 0.15) is 16.1 Å². The fourth-order valence-electron chi connectivity index (χ4n) is 3.46. The molecule has 0 atom stereocenters. The largest absolute Gasteiger partial charge is 0.465 e. The molecular weight excluding hydrogens is 424 g/mol. The molecule has 9 heteroatoms. The first-order chi connectivity index (χ1) is 15.7. The maximum absolute atomic E-state index is 13.0. The summed E-state index contributed by atoms with van der Waals surface area (Å²) in [5.41, 5.74) is 4.10. The Labute approximate surface area is 187 Å². The first-order valence-electron chi connectivity index (χ1n) is 9.83. The molecule has 0 saturated heterocycles. The molecule has 1 N–H and O–H groups in total. The van der Waals surface area contributed by atoms with E-state index in [1.165, 1.54) is 18.4 Å². The van der Waals surface area contributed by atoms with E-state index in [1.807, 2.05) is 73.0 Å². The van der Waals surface area contributed by atoms with E-state index in [9.17, 15) is 4.79 Å². The number of aromatic nitrogens is 5. The molecule has 0 unspecified atom stereocenters. The second kappa shape index (κ2) is 8.20. The van der Waals surface area contributed by atoms with E-state index < -0.39 is 5.97 Å². The molecule has 0 aliphatic rings. The number of carbonyl (C=O) groups is 1. The zero-order valence-electron chi connectivity index (χ0n) is 17.3. The number of nitrogens with zero attached hydrogens (tertiary/aromatic N) is 5. The van der Waals surface area contributed by atoms with E-state index in [0.29, 0.717) is 17.2 Å². The third-order valence-corrected chi connectivity index (χ3v) is 5.88. The van der Waals surface area contributed by atoms with Crippen molar-refractivity contribution in [2.75, 3.05) is 12.4 Å². The van der Waals surface area contributed by atoms with Crippen molar-refractivity contribution < 1.29 is 9.53 Å². The Hall–Kier alpha value is -4.11. The maximum Gasteiger partial charge on any atom is 0.342 e. The Morgan fingerprint density at radius 1 is 1.00 bits per heavy atom. The van der Waals surface area contributed by atoms with Crippen molar-refractivity contribution in [3.05, 3.63) is 77.3 Å². The van der Waals surface area contributed by atoms with Crippen LogP contribution in [0.15, 0.2) is 66.0 Å². The number of hydrogen-bond donors (Lipinski definition) is 1. The molecule has 2 aromatic carbocycles. The number of aryl methyl sites for hydroxylation is 1. The zero-order chi connectivity index (χ0) is 22.1. The number of methoxy groups -OCH3 is 1. The number of fused-ring (bicyclic) bond motifs is 1. The van der Waals surface area contributed by atoms with Crippen molar-refractivity contribution in [3.8, 4) is 22.4 Å². The Morgan fingerprint density at radius 3 is 2.34 bits per heavy atom. The number of anilines is 2. The molecule has 0 aliphatic carbocycles.